The second-order valence-corrected chi connectivity index (χ2v) is 6.43. The van der Waals surface area contributed by atoms with Gasteiger partial charge in [0.25, 0.3) is 0 Å². The lowest BCUT2D eigenvalue weighted by molar-refractivity contribution is -0.126. The number of amides is 1. The minimum atomic E-state index is 0.138. The molecule has 1 amide bonds. The zero-order valence-corrected chi connectivity index (χ0v) is 12.9. The summed E-state index contributed by atoms with van der Waals surface area (Å²) >= 11 is 0. The van der Waals surface area contributed by atoms with Gasteiger partial charge in [0, 0.05) is 32.7 Å². The summed E-state index contributed by atoms with van der Waals surface area (Å²) in [4.78, 5) is 14.5. The van der Waals surface area contributed by atoms with Gasteiger partial charge < -0.3 is 15.4 Å². The topological polar surface area (TPSA) is 53.6 Å². The van der Waals surface area contributed by atoms with Crippen molar-refractivity contribution in [3.8, 4) is 0 Å². The Labute approximate surface area is 122 Å². The summed E-state index contributed by atoms with van der Waals surface area (Å²) in [6.45, 7) is 10.8. The molecule has 2 rings (SSSR count). The minimum Gasteiger partial charge on any atom is -0.374 e. The number of nitrogens with zero attached hydrogens (tertiary/aromatic N) is 1. The molecule has 2 N–H and O–H groups in total. The Balaban J connectivity index is 1.68. The van der Waals surface area contributed by atoms with Gasteiger partial charge in [-0.15, -0.1) is 0 Å². The number of rotatable bonds is 5. The molecule has 2 saturated heterocycles. The maximum absolute atomic E-state index is 12.1. The predicted octanol–water partition coefficient (Wildman–Crippen LogP) is 0.459. The number of morpholine rings is 1. The molecular formula is C15H29N3O2. The largest absolute Gasteiger partial charge is 0.374 e. The first kappa shape index (κ1) is 15.7. The lowest BCUT2D eigenvalue weighted by atomic mass is 9.99. The van der Waals surface area contributed by atoms with Gasteiger partial charge in [0.15, 0.2) is 0 Å². The molecular weight excluding hydrogens is 254 g/mol. The molecule has 0 radical (unpaired) electrons. The number of hydrogen-bond acceptors (Lipinski definition) is 4. The van der Waals surface area contributed by atoms with Gasteiger partial charge in [0.2, 0.25) is 5.91 Å². The van der Waals surface area contributed by atoms with Gasteiger partial charge in [-0.25, -0.2) is 0 Å². The van der Waals surface area contributed by atoms with Gasteiger partial charge in [-0.1, -0.05) is 13.8 Å². The summed E-state index contributed by atoms with van der Waals surface area (Å²) in [5, 5.41) is 6.35. The fraction of sp³-hybridized carbons (Fsp3) is 0.933. The third-order valence-corrected chi connectivity index (χ3v) is 4.02. The molecule has 20 heavy (non-hydrogen) atoms. The van der Waals surface area contributed by atoms with E-state index in [9.17, 15) is 4.79 Å². The number of hydrogen-bond donors (Lipinski definition) is 2. The van der Waals surface area contributed by atoms with Gasteiger partial charge in [-0.2, -0.15) is 0 Å². The van der Waals surface area contributed by atoms with E-state index in [0.29, 0.717) is 12.5 Å². The van der Waals surface area contributed by atoms with Crippen LogP contribution in [0.15, 0.2) is 0 Å². The Morgan fingerprint density at radius 1 is 1.50 bits per heavy atom. The maximum atomic E-state index is 12.1. The molecule has 0 aromatic heterocycles. The first-order chi connectivity index (χ1) is 9.65. The van der Waals surface area contributed by atoms with Crippen LogP contribution in [0.1, 0.15) is 26.7 Å². The highest BCUT2D eigenvalue weighted by molar-refractivity contribution is 5.79. The normalized spacial score (nSPS) is 28.6. The Morgan fingerprint density at radius 3 is 3.05 bits per heavy atom. The number of carbonyl (C=O) groups excluding carboxylic acids is 1. The van der Waals surface area contributed by atoms with Crippen molar-refractivity contribution in [1.29, 1.82) is 0 Å². The van der Waals surface area contributed by atoms with Crippen LogP contribution in [0.5, 0.6) is 0 Å². The lowest BCUT2D eigenvalue weighted by Gasteiger charge is -2.34. The highest BCUT2D eigenvalue weighted by Crippen LogP contribution is 2.11. The highest BCUT2D eigenvalue weighted by atomic mass is 16.5. The van der Waals surface area contributed by atoms with E-state index in [1.165, 1.54) is 0 Å². The fourth-order valence-corrected chi connectivity index (χ4v) is 3.02. The van der Waals surface area contributed by atoms with Crippen LogP contribution in [-0.4, -0.2) is 62.8 Å². The average molecular weight is 283 g/mol. The summed E-state index contributed by atoms with van der Waals surface area (Å²) in [5.41, 5.74) is 0. The first-order valence-electron chi connectivity index (χ1n) is 7.97. The minimum absolute atomic E-state index is 0.138. The van der Waals surface area contributed by atoms with E-state index >= 15 is 0 Å². The SMILES string of the molecule is CC(C)CN1CCOC(CNC(=O)C2CCCNC2)C1. The third-order valence-electron chi connectivity index (χ3n) is 4.02. The van der Waals surface area contributed by atoms with Crippen LogP contribution in [0.3, 0.4) is 0 Å². The van der Waals surface area contributed by atoms with Crippen LogP contribution in [0.2, 0.25) is 0 Å². The molecule has 2 atom stereocenters. The number of ether oxygens (including phenoxy) is 1. The van der Waals surface area contributed by atoms with Crippen LogP contribution < -0.4 is 10.6 Å². The van der Waals surface area contributed by atoms with Crippen LogP contribution >= 0.6 is 0 Å². The van der Waals surface area contributed by atoms with Crippen molar-refractivity contribution in [2.45, 2.75) is 32.8 Å². The second-order valence-electron chi connectivity index (χ2n) is 6.43. The van der Waals surface area contributed by atoms with Crippen molar-refractivity contribution >= 4 is 5.91 Å². The number of piperidine rings is 1. The van der Waals surface area contributed by atoms with Crippen molar-refractivity contribution in [1.82, 2.24) is 15.5 Å². The molecule has 0 saturated carbocycles. The smallest absolute Gasteiger partial charge is 0.224 e. The second kappa shape index (κ2) is 7.96. The number of carbonyl (C=O) groups is 1. The summed E-state index contributed by atoms with van der Waals surface area (Å²) in [6.07, 6.45) is 2.24. The first-order valence-corrected chi connectivity index (χ1v) is 7.97. The molecule has 2 unspecified atom stereocenters. The molecule has 2 aliphatic heterocycles. The molecule has 116 valence electrons. The van der Waals surface area contributed by atoms with Crippen LogP contribution in [0, 0.1) is 11.8 Å². The summed E-state index contributed by atoms with van der Waals surface area (Å²) in [5.74, 6) is 0.998. The zero-order chi connectivity index (χ0) is 14.4. The van der Waals surface area contributed by atoms with Crippen molar-refractivity contribution in [2.24, 2.45) is 11.8 Å². The van der Waals surface area contributed by atoms with Crippen LogP contribution in [-0.2, 0) is 9.53 Å². The maximum Gasteiger partial charge on any atom is 0.224 e. The standard InChI is InChI=1S/C15H29N3O2/c1-12(2)10-18-6-7-20-14(11-18)9-17-15(19)13-4-3-5-16-8-13/h12-14,16H,3-11H2,1-2H3,(H,17,19). The van der Waals surface area contributed by atoms with Crippen LogP contribution in [0.4, 0.5) is 0 Å². The van der Waals surface area contributed by atoms with E-state index in [0.717, 1.165) is 52.2 Å². The molecule has 5 heteroatoms. The van der Waals surface area contributed by atoms with E-state index in [4.69, 9.17) is 4.74 Å². The monoisotopic (exact) mass is 283 g/mol. The van der Waals surface area contributed by atoms with Gasteiger partial charge in [-0.05, 0) is 25.3 Å². The Morgan fingerprint density at radius 2 is 2.35 bits per heavy atom. The lowest BCUT2D eigenvalue weighted by Crippen LogP contribution is -2.50. The summed E-state index contributed by atoms with van der Waals surface area (Å²) < 4.78 is 5.76. The van der Waals surface area contributed by atoms with E-state index in [1.54, 1.807) is 0 Å². The van der Waals surface area contributed by atoms with E-state index in [1.807, 2.05) is 0 Å². The van der Waals surface area contributed by atoms with E-state index in [-0.39, 0.29) is 17.9 Å². The molecule has 2 aliphatic rings. The van der Waals surface area contributed by atoms with Gasteiger partial charge in [-0.3, -0.25) is 9.69 Å². The van der Waals surface area contributed by atoms with Crippen molar-refractivity contribution in [2.75, 3.05) is 45.9 Å². The molecule has 0 aliphatic carbocycles. The zero-order valence-electron chi connectivity index (χ0n) is 12.9. The molecule has 2 heterocycles. The van der Waals surface area contributed by atoms with Gasteiger partial charge in [0.1, 0.15) is 0 Å². The van der Waals surface area contributed by atoms with Crippen molar-refractivity contribution in [3.05, 3.63) is 0 Å². The highest BCUT2D eigenvalue weighted by Gasteiger charge is 2.24. The molecule has 0 spiro atoms. The molecule has 2 fully saturated rings. The summed E-state index contributed by atoms with van der Waals surface area (Å²) in [6, 6.07) is 0. The molecule has 0 aromatic rings. The predicted molar refractivity (Wildman–Crippen MR) is 79.6 cm³/mol. The molecule has 0 bridgehead atoms. The van der Waals surface area contributed by atoms with Gasteiger partial charge in [0.05, 0.1) is 18.6 Å². The average Bonchev–Trinajstić information content (AvgIpc) is 2.45. The Hall–Kier alpha value is -0.650. The van der Waals surface area contributed by atoms with Gasteiger partial charge >= 0.3 is 0 Å². The third kappa shape index (κ3) is 5.04. The Kier molecular flexibility index (Phi) is 6.26. The molecule has 0 aromatic carbocycles. The van der Waals surface area contributed by atoms with Crippen molar-refractivity contribution < 1.29 is 9.53 Å². The van der Waals surface area contributed by atoms with Crippen molar-refractivity contribution in [3.63, 3.8) is 0 Å². The van der Waals surface area contributed by atoms with Crippen LogP contribution in [0.25, 0.3) is 0 Å². The molecule has 5 nitrogen and oxygen atoms in total. The quantitative estimate of drug-likeness (QED) is 0.770. The summed E-state index contributed by atoms with van der Waals surface area (Å²) in [7, 11) is 0. The number of nitrogens with one attached hydrogen (secondary N) is 2. The van der Waals surface area contributed by atoms with E-state index in [2.05, 4.69) is 29.4 Å². The fourth-order valence-electron chi connectivity index (χ4n) is 3.02. The Bertz CT molecular complexity index is 303. The van der Waals surface area contributed by atoms with E-state index < -0.39 is 0 Å².